The molecule has 1 aromatic carbocycles. The van der Waals surface area contributed by atoms with E-state index in [-0.39, 0.29) is 5.54 Å². The Bertz CT molecular complexity index is 307. The number of unbranched alkanes of at least 4 members (excludes halogenated alkanes) is 3. The van der Waals surface area contributed by atoms with Crippen LogP contribution in [0.15, 0.2) is 30.3 Å². The molecular weight excluding hydrogens is 218 g/mol. The first kappa shape index (κ1) is 15.1. The zero-order valence-electron chi connectivity index (χ0n) is 12.3. The van der Waals surface area contributed by atoms with Crippen LogP contribution < -0.4 is 5.32 Å². The van der Waals surface area contributed by atoms with E-state index in [2.05, 4.69) is 56.4 Å². The van der Waals surface area contributed by atoms with Crippen LogP contribution in [0, 0.1) is 0 Å². The maximum atomic E-state index is 3.73. The summed E-state index contributed by atoms with van der Waals surface area (Å²) >= 11 is 0. The Balaban J connectivity index is 2.51. The molecule has 0 saturated heterocycles. The summed E-state index contributed by atoms with van der Waals surface area (Å²) in [6.45, 7) is 6.92. The third-order valence-corrected chi connectivity index (χ3v) is 3.60. The summed E-state index contributed by atoms with van der Waals surface area (Å²) in [5.74, 6) is 0. The van der Waals surface area contributed by atoms with Crippen molar-refractivity contribution in [3.63, 3.8) is 0 Å². The van der Waals surface area contributed by atoms with Crippen molar-refractivity contribution in [1.82, 2.24) is 0 Å². The maximum absolute atomic E-state index is 3.73. The quantitative estimate of drug-likeness (QED) is 0.558. The highest BCUT2D eigenvalue weighted by atomic mass is 15.0. The molecule has 1 aromatic rings. The molecule has 0 saturated carbocycles. The maximum Gasteiger partial charge on any atom is 0.0345 e. The van der Waals surface area contributed by atoms with Crippen LogP contribution in [0.25, 0.3) is 0 Å². The third kappa shape index (κ3) is 5.57. The number of benzene rings is 1. The topological polar surface area (TPSA) is 12.0 Å². The summed E-state index contributed by atoms with van der Waals surface area (Å²) in [6, 6.07) is 10.6. The van der Waals surface area contributed by atoms with Crippen LogP contribution in [0.2, 0.25) is 0 Å². The summed E-state index contributed by atoms with van der Waals surface area (Å²) in [6.07, 6.45) is 9.15. The van der Waals surface area contributed by atoms with Crippen molar-refractivity contribution in [2.75, 3.05) is 5.32 Å². The molecule has 18 heavy (non-hydrogen) atoms. The molecule has 0 fully saturated rings. The summed E-state index contributed by atoms with van der Waals surface area (Å²) < 4.78 is 0. The highest BCUT2D eigenvalue weighted by molar-refractivity contribution is 5.44. The van der Waals surface area contributed by atoms with Crippen LogP contribution in [-0.2, 0) is 0 Å². The Morgan fingerprint density at radius 2 is 1.61 bits per heavy atom. The Hall–Kier alpha value is -0.980. The Morgan fingerprint density at radius 1 is 0.889 bits per heavy atom. The first-order valence-electron chi connectivity index (χ1n) is 7.53. The molecule has 0 aromatic heterocycles. The van der Waals surface area contributed by atoms with Gasteiger partial charge >= 0.3 is 0 Å². The summed E-state index contributed by atoms with van der Waals surface area (Å²) in [5, 5.41) is 3.73. The van der Waals surface area contributed by atoms with Crippen molar-refractivity contribution in [2.24, 2.45) is 0 Å². The van der Waals surface area contributed by atoms with Gasteiger partial charge < -0.3 is 5.32 Å². The minimum Gasteiger partial charge on any atom is -0.380 e. The Kier molecular flexibility index (Phi) is 6.85. The lowest BCUT2D eigenvalue weighted by Crippen LogP contribution is -2.34. The lowest BCUT2D eigenvalue weighted by atomic mass is 9.89. The monoisotopic (exact) mass is 247 g/mol. The number of hydrogen-bond acceptors (Lipinski definition) is 1. The van der Waals surface area contributed by atoms with Gasteiger partial charge in [-0.25, -0.2) is 0 Å². The molecule has 0 aliphatic carbocycles. The molecule has 1 atom stereocenters. The van der Waals surface area contributed by atoms with E-state index in [1.165, 1.54) is 50.6 Å². The van der Waals surface area contributed by atoms with Crippen molar-refractivity contribution < 1.29 is 0 Å². The van der Waals surface area contributed by atoms with Crippen LogP contribution in [0.3, 0.4) is 0 Å². The van der Waals surface area contributed by atoms with Gasteiger partial charge in [0.25, 0.3) is 0 Å². The minimum atomic E-state index is 0.254. The van der Waals surface area contributed by atoms with E-state index < -0.39 is 0 Å². The molecule has 0 spiro atoms. The fraction of sp³-hybridized carbons (Fsp3) is 0.647. The normalized spacial score (nSPS) is 14.2. The predicted molar refractivity (Wildman–Crippen MR) is 82.1 cm³/mol. The molecule has 0 heterocycles. The highest BCUT2D eigenvalue weighted by Gasteiger charge is 2.22. The zero-order chi connectivity index (χ0) is 13.3. The van der Waals surface area contributed by atoms with Gasteiger partial charge in [-0.05, 0) is 31.9 Å². The smallest absolute Gasteiger partial charge is 0.0345 e. The van der Waals surface area contributed by atoms with E-state index in [4.69, 9.17) is 0 Å². The van der Waals surface area contributed by atoms with Gasteiger partial charge in [0.2, 0.25) is 0 Å². The summed E-state index contributed by atoms with van der Waals surface area (Å²) in [4.78, 5) is 0. The number of para-hydroxylation sites is 1. The summed E-state index contributed by atoms with van der Waals surface area (Å²) in [5.41, 5.74) is 1.51. The van der Waals surface area contributed by atoms with E-state index in [0.717, 1.165) is 0 Å². The van der Waals surface area contributed by atoms with Crippen LogP contribution >= 0.6 is 0 Å². The Labute approximate surface area is 113 Å². The van der Waals surface area contributed by atoms with Crippen LogP contribution in [0.1, 0.15) is 65.7 Å². The van der Waals surface area contributed by atoms with Gasteiger partial charge in [-0.3, -0.25) is 0 Å². The van der Waals surface area contributed by atoms with Gasteiger partial charge in [-0.15, -0.1) is 0 Å². The van der Waals surface area contributed by atoms with E-state index in [9.17, 15) is 0 Å². The lowest BCUT2D eigenvalue weighted by molar-refractivity contribution is 0.410. The molecule has 102 valence electrons. The van der Waals surface area contributed by atoms with Crippen molar-refractivity contribution in [3.05, 3.63) is 30.3 Å². The first-order chi connectivity index (χ1) is 8.70. The molecule has 0 aliphatic rings. The van der Waals surface area contributed by atoms with Crippen molar-refractivity contribution in [1.29, 1.82) is 0 Å². The van der Waals surface area contributed by atoms with E-state index >= 15 is 0 Å². The number of hydrogen-bond donors (Lipinski definition) is 1. The molecule has 0 amide bonds. The second-order valence-corrected chi connectivity index (χ2v) is 5.61. The van der Waals surface area contributed by atoms with Crippen molar-refractivity contribution in [3.8, 4) is 0 Å². The first-order valence-corrected chi connectivity index (χ1v) is 7.53. The van der Waals surface area contributed by atoms with E-state index in [0.29, 0.717) is 0 Å². The lowest BCUT2D eigenvalue weighted by Gasteiger charge is -2.32. The number of anilines is 1. The molecule has 0 bridgehead atoms. The van der Waals surface area contributed by atoms with Crippen molar-refractivity contribution >= 4 is 5.69 Å². The fourth-order valence-electron chi connectivity index (χ4n) is 2.61. The molecule has 1 rings (SSSR count). The predicted octanol–water partition coefficient (Wildman–Crippen LogP) is 5.63. The minimum absolute atomic E-state index is 0.254. The van der Waals surface area contributed by atoms with Crippen LogP contribution in [-0.4, -0.2) is 5.54 Å². The molecule has 1 heteroatoms. The van der Waals surface area contributed by atoms with E-state index in [1.54, 1.807) is 0 Å². The van der Waals surface area contributed by atoms with Crippen LogP contribution in [0.5, 0.6) is 0 Å². The fourth-order valence-corrected chi connectivity index (χ4v) is 2.61. The third-order valence-electron chi connectivity index (χ3n) is 3.60. The molecule has 1 nitrogen and oxygen atoms in total. The average Bonchev–Trinajstić information content (AvgIpc) is 2.36. The molecule has 1 N–H and O–H groups in total. The number of nitrogens with one attached hydrogen (secondary N) is 1. The average molecular weight is 247 g/mol. The largest absolute Gasteiger partial charge is 0.380 e. The van der Waals surface area contributed by atoms with Gasteiger partial charge in [-0.1, -0.05) is 64.2 Å². The summed E-state index contributed by atoms with van der Waals surface area (Å²) in [7, 11) is 0. The van der Waals surface area contributed by atoms with Gasteiger partial charge in [0, 0.05) is 11.2 Å². The van der Waals surface area contributed by atoms with Gasteiger partial charge in [0.1, 0.15) is 0 Å². The van der Waals surface area contributed by atoms with E-state index in [1.807, 2.05) is 0 Å². The second-order valence-electron chi connectivity index (χ2n) is 5.61. The molecule has 1 unspecified atom stereocenters. The van der Waals surface area contributed by atoms with Gasteiger partial charge in [0.15, 0.2) is 0 Å². The zero-order valence-corrected chi connectivity index (χ0v) is 12.3. The highest BCUT2D eigenvalue weighted by Crippen LogP contribution is 2.25. The SMILES string of the molecule is CCCCCCC(C)(CCC)Nc1ccccc1. The van der Waals surface area contributed by atoms with Gasteiger partial charge in [0.05, 0.1) is 0 Å². The number of rotatable bonds is 9. The van der Waals surface area contributed by atoms with Crippen LogP contribution in [0.4, 0.5) is 5.69 Å². The standard InChI is InChI=1S/C17H29N/c1-4-6-7-11-15-17(3,14-5-2)18-16-12-9-8-10-13-16/h8-10,12-13,18H,4-7,11,14-15H2,1-3H3. The Morgan fingerprint density at radius 3 is 2.22 bits per heavy atom. The molecule has 0 radical (unpaired) electrons. The van der Waals surface area contributed by atoms with Gasteiger partial charge in [-0.2, -0.15) is 0 Å². The van der Waals surface area contributed by atoms with Crippen molar-refractivity contribution in [2.45, 2.75) is 71.3 Å². The molecule has 0 aliphatic heterocycles. The molecular formula is C17H29N. The second kappa shape index (κ2) is 8.18.